The van der Waals surface area contributed by atoms with E-state index in [2.05, 4.69) is 39.7 Å². The lowest BCUT2D eigenvalue weighted by Crippen LogP contribution is -1.83. The minimum absolute atomic E-state index is 0.759. The van der Waals surface area contributed by atoms with Crippen LogP contribution in [0.25, 0.3) is 11.1 Å². The van der Waals surface area contributed by atoms with Crippen molar-refractivity contribution >= 4 is 23.4 Å². The first kappa shape index (κ1) is 13.2. The molecule has 0 fully saturated rings. The molecule has 3 aromatic rings. The molecule has 0 aliphatic carbocycles. The molecule has 1 heterocycles. The number of halogens is 1. The Labute approximate surface area is 126 Å². The van der Waals surface area contributed by atoms with Crippen LogP contribution in [0.5, 0.6) is 0 Å². The largest absolute Gasteiger partial charge is 0.197 e. The normalized spacial score (nSPS) is 10.7. The Morgan fingerprint density at radius 3 is 2.20 bits per heavy atom. The number of nitrogens with zero attached hydrogens (tertiary/aromatic N) is 2. The first-order valence-electron chi connectivity index (χ1n) is 6.15. The maximum atomic E-state index is 5.90. The molecule has 0 saturated heterocycles. The molecule has 0 saturated carbocycles. The maximum absolute atomic E-state index is 5.90. The summed E-state index contributed by atoms with van der Waals surface area (Å²) in [7, 11) is 0. The van der Waals surface area contributed by atoms with Crippen molar-refractivity contribution in [2.24, 2.45) is 0 Å². The number of hydrogen-bond donors (Lipinski definition) is 1. The van der Waals surface area contributed by atoms with E-state index in [1.54, 1.807) is 18.0 Å². The topological polar surface area (TPSA) is 41.6 Å². The minimum atomic E-state index is 0.759. The molecule has 0 spiro atoms. The first-order valence-corrected chi connectivity index (χ1v) is 7.51. The summed E-state index contributed by atoms with van der Waals surface area (Å²) in [6.07, 6.45) is 1.73. The van der Waals surface area contributed by atoms with E-state index in [9.17, 15) is 0 Å². The predicted molar refractivity (Wildman–Crippen MR) is 82.8 cm³/mol. The van der Waals surface area contributed by atoms with Gasteiger partial charge < -0.3 is 0 Å². The lowest BCUT2D eigenvalue weighted by Gasteiger charge is -2.04. The SMILES string of the molecule is Clc1ccc(-c2ccc(CSc3cn[nH]n3)cc2)cc1. The highest BCUT2D eigenvalue weighted by Crippen LogP contribution is 2.24. The zero-order valence-electron chi connectivity index (χ0n) is 10.6. The summed E-state index contributed by atoms with van der Waals surface area (Å²) >= 11 is 7.56. The van der Waals surface area contributed by atoms with Gasteiger partial charge in [-0.25, -0.2) is 0 Å². The smallest absolute Gasteiger partial charge is 0.139 e. The van der Waals surface area contributed by atoms with Crippen LogP contribution < -0.4 is 0 Å². The van der Waals surface area contributed by atoms with Gasteiger partial charge in [0.1, 0.15) is 5.03 Å². The average molecular weight is 302 g/mol. The Balaban J connectivity index is 1.69. The van der Waals surface area contributed by atoms with Gasteiger partial charge in [-0.2, -0.15) is 10.3 Å². The predicted octanol–water partition coefficient (Wildman–Crippen LogP) is 4.42. The Bertz CT molecular complexity index is 663. The van der Waals surface area contributed by atoms with E-state index in [4.69, 9.17) is 11.6 Å². The van der Waals surface area contributed by atoms with Gasteiger partial charge >= 0.3 is 0 Å². The molecule has 0 radical (unpaired) electrons. The molecule has 0 atom stereocenters. The molecule has 2 aromatic carbocycles. The number of nitrogens with one attached hydrogen (secondary N) is 1. The zero-order chi connectivity index (χ0) is 13.8. The van der Waals surface area contributed by atoms with E-state index < -0.39 is 0 Å². The van der Waals surface area contributed by atoms with Gasteiger partial charge in [0, 0.05) is 10.8 Å². The number of benzene rings is 2. The molecular formula is C15H12ClN3S. The standard InChI is InChI=1S/C15H12ClN3S/c16-14-7-5-13(6-8-14)12-3-1-11(2-4-12)10-20-15-9-17-19-18-15/h1-9H,10H2,(H,17,18,19). The number of rotatable bonds is 4. The molecule has 1 aromatic heterocycles. The number of aromatic amines is 1. The third kappa shape index (κ3) is 3.21. The lowest BCUT2D eigenvalue weighted by molar-refractivity contribution is 0.911. The van der Waals surface area contributed by atoms with Crippen molar-refractivity contribution < 1.29 is 0 Å². The summed E-state index contributed by atoms with van der Waals surface area (Å²) in [6, 6.07) is 16.4. The fraction of sp³-hybridized carbons (Fsp3) is 0.0667. The first-order chi connectivity index (χ1) is 9.81. The molecule has 0 aliphatic rings. The van der Waals surface area contributed by atoms with Crippen LogP contribution in [0.15, 0.2) is 59.8 Å². The molecular weight excluding hydrogens is 290 g/mol. The van der Waals surface area contributed by atoms with Crippen molar-refractivity contribution in [3.05, 3.63) is 65.3 Å². The summed E-state index contributed by atoms with van der Waals surface area (Å²) in [4.78, 5) is 0. The fourth-order valence-electron chi connectivity index (χ4n) is 1.85. The molecule has 3 rings (SSSR count). The van der Waals surface area contributed by atoms with Crippen molar-refractivity contribution in [2.75, 3.05) is 0 Å². The van der Waals surface area contributed by atoms with E-state index >= 15 is 0 Å². The second kappa shape index (κ2) is 6.11. The third-order valence-corrected chi connectivity index (χ3v) is 4.13. The van der Waals surface area contributed by atoms with Crippen LogP contribution in [-0.2, 0) is 5.75 Å². The highest BCUT2D eigenvalue weighted by atomic mass is 35.5. The quantitative estimate of drug-likeness (QED) is 0.725. The number of aromatic nitrogens is 3. The van der Waals surface area contributed by atoms with Crippen LogP contribution in [-0.4, -0.2) is 15.4 Å². The number of H-pyrrole nitrogens is 1. The molecule has 100 valence electrons. The second-order valence-corrected chi connectivity index (χ2v) is 5.73. The van der Waals surface area contributed by atoms with Gasteiger partial charge in [-0.1, -0.05) is 59.8 Å². The van der Waals surface area contributed by atoms with Gasteiger partial charge in [-0.15, -0.1) is 5.10 Å². The third-order valence-electron chi connectivity index (χ3n) is 2.91. The van der Waals surface area contributed by atoms with Gasteiger partial charge in [0.2, 0.25) is 0 Å². The highest BCUT2D eigenvalue weighted by Gasteiger charge is 2.01. The highest BCUT2D eigenvalue weighted by molar-refractivity contribution is 7.98. The van der Waals surface area contributed by atoms with Gasteiger partial charge in [0.15, 0.2) is 0 Å². The van der Waals surface area contributed by atoms with Crippen LogP contribution in [0.4, 0.5) is 0 Å². The Hall–Kier alpha value is -1.78. The van der Waals surface area contributed by atoms with E-state index in [0.29, 0.717) is 0 Å². The number of thioether (sulfide) groups is 1. The second-order valence-electron chi connectivity index (χ2n) is 4.30. The average Bonchev–Trinajstić information content (AvgIpc) is 3.00. The maximum Gasteiger partial charge on any atom is 0.139 e. The van der Waals surface area contributed by atoms with Crippen molar-refractivity contribution in [3.63, 3.8) is 0 Å². The van der Waals surface area contributed by atoms with Crippen molar-refractivity contribution in [3.8, 4) is 11.1 Å². The molecule has 0 aliphatic heterocycles. The fourth-order valence-corrected chi connectivity index (χ4v) is 2.72. The van der Waals surface area contributed by atoms with E-state index in [0.717, 1.165) is 15.8 Å². The minimum Gasteiger partial charge on any atom is -0.197 e. The lowest BCUT2D eigenvalue weighted by atomic mass is 10.0. The monoisotopic (exact) mass is 301 g/mol. The van der Waals surface area contributed by atoms with E-state index in [1.165, 1.54) is 16.7 Å². The molecule has 0 amide bonds. The van der Waals surface area contributed by atoms with E-state index in [1.807, 2.05) is 24.3 Å². The van der Waals surface area contributed by atoms with Crippen LogP contribution in [0.3, 0.4) is 0 Å². The summed E-state index contributed by atoms with van der Waals surface area (Å²) in [5.41, 5.74) is 3.62. The van der Waals surface area contributed by atoms with Gasteiger partial charge in [0.25, 0.3) is 0 Å². The summed E-state index contributed by atoms with van der Waals surface area (Å²) in [5.74, 6) is 0.882. The molecule has 3 nitrogen and oxygen atoms in total. The Morgan fingerprint density at radius 2 is 1.60 bits per heavy atom. The molecule has 5 heteroatoms. The molecule has 1 N–H and O–H groups in total. The van der Waals surface area contributed by atoms with Crippen molar-refractivity contribution in [1.29, 1.82) is 0 Å². The van der Waals surface area contributed by atoms with Gasteiger partial charge in [-0.3, -0.25) is 0 Å². The van der Waals surface area contributed by atoms with E-state index in [-0.39, 0.29) is 0 Å². The summed E-state index contributed by atoms with van der Waals surface area (Å²) in [6.45, 7) is 0. The Kier molecular flexibility index (Phi) is 4.04. The number of hydrogen-bond acceptors (Lipinski definition) is 3. The van der Waals surface area contributed by atoms with Gasteiger partial charge in [0.05, 0.1) is 6.20 Å². The zero-order valence-corrected chi connectivity index (χ0v) is 12.2. The summed E-state index contributed by atoms with van der Waals surface area (Å²) < 4.78 is 0. The Morgan fingerprint density at radius 1 is 0.950 bits per heavy atom. The molecule has 0 unspecified atom stereocenters. The van der Waals surface area contributed by atoms with Crippen LogP contribution in [0.2, 0.25) is 5.02 Å². The summed E-state index contributed by atoms with van der Waals surface area (Å²) in [5, 5.41) is 12.1. The van der Waals surface area contributed by atoms with Crippen LogP contribution >= 0.6 is 23.4 Å². The van der Waals surface area contributed by atoms with Crippen molar-refractivity contribution in [2.45, 2.75) is 10.8 Å². The molecule has 20 heavy (non-hydrogen) atoms. The molecule has 0 bridgehead atoms. The van der Waals surface area contributed by atoms with Gasteiger partial charge in [-0.05, 0) is 28.8 Å². The van der Waals surface area contributed by atoms with Crippen LogP contribution in [0.1, 0.15) is 5.56 Å². The van der Waals surface area contributed by atoms with Crippen LogP contribution in [0, 0.1) is 0 Å². The van der Waals surface area contributed by atoms with Crippen molar-refractivity contribution in [1.82, 2.24) is 15.4 Å².